The van der Waals surface area contributed by atoms with Gasteiger partial charge >= 0.3 is 5.97 Å². The Morgan fingerprint density at radius 1 is 0.906 bits per heavy atom. The molecule has 0 spiro atoms. The van der Waals surface area contributed by atoms with E-state index < -0.39 is 39.8 Å². The first-order valence-corrected chi connectivity index (χ1v) is 12.1. The van der Waals surface area contributed by atoms with Crippen molar-refractivity contribution >= 4 is 40.7 Å². The third-order valence-electron chi connectivity index (χ3n) is 7.10. The molecule has 0 amide bonds. The van der Waals surface area contributed by atoms with Crippen LogP contribution in [0.2, 0.25) is 0 Å². The lowest BCUT2D eigenvalue weighted by atomic mass is 9.58. The predicted octanol–water partition coefficient (Wildman–Crippen LogP) is 5.65. The summed E-state index contributed by atoms with van der Waals surface area (Å²) < 4.78 is 3.01. The number of carbonyl (C=O) groups is 3. The highest BCUT2D eigenvalue weighted by molar-refractivity contribution is 6.68. The van der Waals surface area contributed by atoms with Crippen molar-refractivity contribution in [1.29, 1.82) is 0 Å². The molecule has 0 fully saturated rings. The molecule has 0 N–H and O–H groups in total. The molecule has 174 valence electrons. The number of ketones is 2. The summed E-state index contributed by atoms with van der Waals surface area (Å²) >= 11 is 13.0. The minimum atomic E-state index is -2.32. The summed E-state index contributed by atoms with van der Waals surface area (Å²) in [4.78, 5) is 39.6. The van der Waals surface area contributed by atoms with Crippen LogP contribution in [0.15, 0.2) is 48.1 Å². The Labute approximate surface area is 200 Å². The van der Waals surface area contributed by atoms with Gasteiger partial charge in [0.1, 0.15) is 12.0 Å². The van der Waals surface area contributed by atoms with Crippen LogP contribution in [0.1, 0.15) is 41.0 Å². The second-order valence-electron chi connectivity index (χ2n) is 9.60. The maximum Gasteiger partial charge on any atom is 0.316 e. The Balaban J connectivity index is 2.11. The molecule has 4 nitrogen and oxygen atoms in total. The van der Waals surface area contributed by atoms with Crippen LogP contribution < -0.4 is 0 Å². The first-order valence-electron chi connectivity index (χ1n) is 11.3. The zero-order chi connectivity index (χ0) is 23.8. The van der Waals surface area contributed by atoms with Crippen molar-refractivity contribution in [3.8, 4) is 0 Å². The number of hydrogen-bond donors (Lipinski definition) is 0. The predicted molar refractivity (Wildman–Crippen MR) is 127 cm³/mol. The van der Waals surface area contributed by atoms with Gasteiger partial charge in [0.25, 0.3) is 0 Å². The van der Waals surface area contributed by atoms with Crippen molar-refractivity contribution in [2.45, 2.75) is 51.5 Å². The molecular formula is C26H32Cl2O4. The molecule has 8 atom stereocenters. The fraction of sp³-hybridized carbons (Fsp3) is 0.577. The lowest BCUT2D eigenvalue weighted by molar-refractivity contribution is -0.154. The molecule has 32 heavy (non-hydrogen) atoms. The van der Waals surface area contributed by atoms with E-state index in [2.05, 4.69) is 39.0 Å². The molecule has 1 heterocycles. The Kier molecular flexibility index (Phi) is 7.56. The quantitative estimate of drug-likeness (QED) is 0.195. The van der Waals surface area contributed by atoms with Gasteiger partial charge in [0.15, 0.2) is 11.6 Å². The second-order valence-corrected chi connectivity index (χ2v) is 10.9. The molecule has 0 saturated heterocycles. The molecule has 0 saturated carbocycles. The van der Waals surface area contributed by atoms with E-state index in [1.54, 1.807) is 13.0 Å². The third kappa shape index (κ3) is 4.82. The number of cyclic esters (lactones) is 1. The van der Waals surface area contributed by atoms with Crippen LogP contribution in [0.25, 0.3) is 0 Å². The smallest absolute Gasteiger partial charge is 0.316 e. The van der Waals surface area contributed by atoms with Gasteiger partial charge in [-0.15, -0.1) is 0 Å². The summed E-state index contributed by atoms with van der Waals surface area (Å²) in [6.45, 7) is 9.35. The van der Waals surface area contributed by atoms with Crippen LogP contribution in [0, 0.1) is 41.4 Å². The molecule has 0 aromatic rings. The number of esters is 1. The van der Waals surface area contributed by atoms with Crippen molar-refractivity contribution in [1.82, 2.24) is 0 Å². The van der Waals surface area contributed by atoms with Crippen molar-refractivity contribution in [2.75, 3.05) is 0 Å². The summed E-state index contributed by atoms with van der Waals surface area (Å²) in [5.41, 5.74) is 1.29. The number of Topliss-reactive ketones (excluding diaryl/α,β-unsaturated/α-hetero) is 2. The summed E-state index contributed by atoms with van der Waals surface area (Å²) in [5.74, 6) is -3.74. The first-order chi connectivity index (χ1) is 14.9. The van der Waals surface area contributed by atoms with Gasteiger partial charge in [-0.1, -0.05) is 79.1 Å². The van der Waals surface area contributed by atoms with E-state index in [0.29, 0.717) is 0 Å². The Bertz CT molecular complexity index is 898. The monoisotopic (exact) mass is 478 g/mol. The van der Waals surface area contributed by atoms with Gasteiger partial charge in [0.05, 0.1) is 0 Å². The zero-order valence-corrected chi connectivity index (χ0v) is 20.8. The lowest BCUT2D eigenvalue weighted by Crippen LogP contribution is -2.52. The number of carbonyl (C=O) groups excluding carboxylic acids is 3. The Hall–Kier alpha value is -1.65. The summed E-state index contributed by atoms with van der Waals surface area (Å²) in [7, 11) is 0. The van der Waals surface area contributed by atoms with Crippen LogP contribution in [0.5, 0.6) is 0 Å². The number of alkyl halides is 2. The molecule has 3 aliphatic rings. The van der Waals surface area contributed by atoms with Gasteiger partial charge in [-0.3, -0.25) is 14.4 Å². The SMILES string of the molecule is CC1=C[C@@H](C)[C@H]2[C@@H]3C(=O)C(Cl)(Cl)C(=O)[C@H](C)C(=O)O[C@@H](C)/C=C\C=C/[C@@H](C)[C@@H]3C=C[C@@H]2C1. The molecule has 2 aliphatic carbocycles. The van der Waals surface area contributed by atoms with E-state index in [-0.39, 0.29) is 29.6 Å². The maximum atomic E-state index is 13.9. The first kappa shape index (κ1) is 25.0. The van der Waals surface area contributed by atoms with Gasteiger partial charge < -0.3 is 4.74 Å². The van der Waals surface area contributed by atoms with Crippen molar-refractivity contribution in [3.63, 3.8) is 0 Å². The van der Waals surface area contributed by atoms with Gasteiger partial charge in [0.2, 0.25) is 4.33 Å². The largest absolute Gasteiger partial charge is 0.458 e. The molecule has 0 radical (unpaired) electrons. The van der Waals surface area contributed by atoms with Crippen molar-refractivity contribution in [2.24, 2.45) is 41.4 Å². The Morgan fingerprint density at radius 2 is 1.56 bits per heavy atom. The van der Waals surface area contributed by atoms with E-state index in [1.165, 1.54) is 12.5 Å². The fourth-order valence-electron chi connectivity index (χ4n) is 5.44. The van der Waals surface area contributed by atoms with Crippen molar-refractivity contribution in [3.05, 3.63) is 48.1 Å². The number of hydrogen-bond acceptors (Lipinski definition) is 4. The van der Waals surface area contributed by atoms with Gasteiger partial charge in [-0.05, 0) is 62.9 Å². The summed E-state index contributed by atoms with van der Waals surface area (Å²) in [6, 6.07) is 0. The average molecular weight is 479 g/mol. The number of halogens is 2. The highest BCUT2D eigenvalue weighted by atomic mass is 35.5. The van der Waals surface area contributed by atoms with Crippen LogP contribution >= 0.6 is 23.2 Å². The van der Waals surface area contributed by atoms with Crippen LogP contribution in [-0.4, -0.2) is 28.0 Å². The second kappa shape index (κ2) is 9.69. The number of ether oxygens (including phenoxy) is 1. The number of allylic oxidation sites excluding steroid dienone is 7. The van der Waals surface area contributed by atoms with Crippen molar-refractivity contribution < 1.29 is 19.1 Å². The molecule has 0 aromatic heterocycles. The van der Waals surface area contributed by atoms with Gasteiger partial charge in [-0.2, -0.15) is 0 Å². The van der Waals surface area contributed by atoms with E-state index in [0.717, 1.165) is 6.42 Å². The standard InChI is InChI=1S/C26H32Cl2O4/c1-14-12-16(3)21-19(13-14)10-11-20-15(2)8-6-7-9-17(4)32-25(31)18(5)23(29)26(27,28)24(30)22(20)21/h6-12,15-22H,13H2,1-5H3/b8-6-,9-7-/t15-,16-,17+,18+,19-,20+,21-,22-/m1/s1. The van der Waals surface area contributed by atoms with E-state index in [1.807, 2.05) is 18.2 Å². The summed E-state index contributed by atoms with van der Waals surface area (Å²) in [6.07, 6.45) is 14.3. The third-order valence-corrected chi connectivity index (χ3v) is 7.85. The normalized spacial score (nSPS) is 42.1. The molecular weight excluding hydrogens is 447 g/mol. The number of fused-ring (bicyclic) bond motifs is 3. The molecule has 3 rings (SSSR count). The average Bonchev–Trinajstić information content (AvgIpc) is 2.73. The molecule has 1 aliphatic heterocycles. The lowest BCUT2D eigenvalue weighted by Gasteiger charge is -2.46. The minimum Gasteiger partial charge on any atom is -0.458 e. The summed E-state index contributed by atoms with van der Waals surface area (Å²) in [5, 5.41) is 0. The van der Waals surface area contributed by atoms with E-state index >= 15 is 0 Å². The molecule has 0 bridgehead atoms. The van der Waals surface area contributed by atoms with Crippen LogP contribution in [0.3, 0.4) is 0 Å². The van der Waals surface area contributed by atoms with E-state index in [4.69, 9.17) is 27.9 Å². The van der Waals surface area contributed by atoms with Crippen LogP contribution in [0.4, 0.5) is 0 Å². The fourth-order valence-corrected chi connectivity index (χ4v) is 6.02. The molecule has 6 heteroatoms. The highest BCUT2D eigenvalue weighted by Crippen LogP contribution is 2.50. The Morgan fingerprint density at radius 3 is 2.25 bits per heavy atom. The van der Waals surface area contributed by atoms with Gasteiger partial charge in [-0.25, -0.2) is 0 Å². The minimum absolute atomic E-state index is 0.0162. The highest BCUT2D eigenvalue weighted by Gasteiger charge is 2.55. The molecule has 0 unspecified atom stereocenters. The zero-order valence-electron chi connectivity index (χ0n) is 19.3. The topological polar surface area (TPSA) is 60.4 Å². The van der Waals surface area contributed by atoms with Crippen LogP contribution in [-0.2, 0) is 19.1 Å². The number of rotatable bonds is 0. The maximum absolute atomic E-state index is 13.9. The van der Waals surface area contributed by atoms with Gasteiger partial charge in [0, 0.05) is 5.92 Å². The molecule has 0 aromatic carbocycles. The van der Waals surface area contributed by atoms with E-state index in [9.17, 15) is 14.4 Å².